The van der Waals surface area contributed by atoms with Gasteiger partial charge in [-0.1, -0.05) is 23.7 Å². The highest BCUT2D eigenvalue weighted by atomic mass is 35.5. The predicted octanol–water partition coefficient (Wildman–Crippen LogP) is 2.51. The van der Waals surface area contributed by atoms with Crippen molar-refractivity contribution in [1.82, 2.24) is 5.32 Å². The van der Waals surface area contributed by atoms with Crippen LogP contribution in [0.25, 0.3) is 0 Å². The molecule has 0 aliphatic carbocycles. The van der Waals surface area contributed by atoms with Crippen LogP contribution in [0.3, 0.4) is 0 Å². The van der Waals surface area contributed by atoms with Crippen molar-refractivity contribution in [2.45, 2.75) is 12.5 Å². The molecular weight excluding hydrogens is 236 g/mol. The van der Waals surface area contributed by atoms with E-state index in [0.717, 1.165) is 24.3 Å². The molecule has 4 heteroatoms. The van der Waals surface area contributed by atoms with Crippen molar-refractivity contribution in [3.63, 3.8) is 0 Å². The van der Waals surface area contributed by atoms with Crippen molar-refractivity contribution in [2.24, 2.45) is 5.73 Å². The maximum atomic E-state index is 6.20. The molecule has 1 aromatic rings. The van der Waals surface area contributed by atoms with E-state index in [0.29, 0.717) is 11.6 Å². The summed E-state index contributed by atoms with van der Waals surface area (Å²) in [5.41, 5.74) is 6.70. The molecule has 0 saturated carbocycles. The monoisotopic (exact) mass is 254 g/mol. The van der Waals surface area contributed by atoms with Crippen LogP contribution in [0.5, 0.6) is 5.75 Å². The predicted molar refractivity (Wildman–Crippen MR) is 72.6 cm³/mol. The van der Waals surface area contributed by atoms with Crippen LogP contribution in [0, 0.1) is 0 Å². The molecule has 0 aromatic heterocycles. The Labute approximate surface area is 108 Å². The van der Waals surface area contributed by atoms with Gasteiger partial charge < -0.3 is 15.8 Å². The topological polar surface area (TPSA) is 47.3 Å². The van der Waals surface area contributed by atoms with Gasteiger partial charge in [-0.3, -0.25) is 0 Å². The van der Waals surface area contributed by atoms with Gasteiger partial charge in [0, 0.05) is 23.2 Å². The Morgan fingerprint density at radius 2 is 2.35 bits per heavy atom. The van der Waals surface area contributed by atoms with Gasteiger partial charge in [-0.15, -0.1) is 6.58 Å². The van der Waals surface area contributed by atoms with Gasteiger partial charge in [0.1, 0.15) is 5.75 Å². The Balaban J connectivity index is 2.89. The smallest absolute Gasteiger partial charge is 0.125 e. The maximum Gasteiger partial charge on any atom is 0.125 e. The summed E-state index contributed by atoms with van der Waals surface area (Å²) in [5.74, 6) is 0.763. The van der Waals surface area contributed by atoms with Gasteiger partial charge in [0.25, 0.3) is 0 Å². The van der Waals surface area contributed by atoms with Crippen molar-refractivity contribution < 1.29 is 4.74 Å². The lowest BCUT2D eigenvalue weighted by Gasteiger charge is -2.20. The van der Waals surface area contributed by atoms with E-state index in [4.69, 9.17) is 22.1 Å². The summed E-state index contributed by atoms with van der Waals surface area (Å²) in [5, 5.41) is 4.01. The molecule has 0 heterocycles. The fraction of sp³-hybridized carbons (Fsp3) is 0.385. The lowest BCUT2D eigenvalue weighted by Crippen LogP contribution is -2.29. The average Bonchev–Trinajstić information content (AvgIpc) is 2.35. The van der Waals surface area contributed by atoms with Gasteiger partial charge in [-0.25, -0.2) is 0 Å². The summed E-state index contributed by atoms with van der Waals surface area (Å²) in [6.45, 7) is 4.97. The lowest BCUT2D eigenvalue weighted by molar-refractivity contribution is 0.400. The summed E-state index contributed by atoms with van der Waals surface area (Å²) in [4.78, 5) is 0. The van der Waals surface area contributed by atoms with Gasteiger partial charge in [0.2, 0.25) is 0 Å². The highest BCUT2D eigenvalue weighted by Gasteiger charge is 2.17. The fourth-order valence-electron chi connectivity index (χ4n) is 1.70. The van der Waals surface area contributed by atoms with Gasteiger partial charge >= 0.3 is 0 Å². The largest absolute Gasteiger partial charge is 0.496 e. The summed E-state index contributed by atoms with van der Waals surface area (Å²) in [7, 11) is 1.63. The molecule has 1 atom stereocenters. The van der Waals surface area contributed by atoms with Gasteiger partial charge in [0.15, 0.2) is 0 Å². The highest BCUT2D eigenvalue weighted by Crippen LogP contribution is 2.31. The van der Waals surface area contributed by atoms with E-state index < -0.39 is 0 Å². The van der Waals surface area contributed by atoms with Crippen molar-refractivity contribution in [1.29, 1.82) is 0 Å². The number of nitrogens with one attached hydrogen (secondary N) is 1. The first kappa shape index (κ1) is 14.0. The van der Waals surface area contributed by atoms with Crippen molar-refractivity contribution in [3.05, 3.63) is 41.4 Å². The van der Waals surface area contributed by atoms with Gasteiger partial charge in [-0.05, 0) is 25.1 Å². The normalized spacial score (nSPS) is 12.2. The third-order valence-corrected chi connectivity index (χ3v) is 2.89. The molecule has 0 aliphatic heterocycles. The molecule has 17 heavy (non-hydrogen) atoms. The van der Waals surface area contributed by atoms with Crippen LogP contribution in [-0.4, -0.2) is 20.2 Å². The van der Waals surface area contributed by atoms with E-state index in [-0.39, 0.29) is 6.04 Å². The molecule has 3 N–H and O–H groups in total. The van der Waals surface area contributed by atoms with Crippen LogP contribution >= 0.6 is 11.6 Å². The first-order valence-electron chi connectivity index (χ1n) is 5.61. The lowest BCUT2D eigenvalue weighted by atomic mass is 10.1. The minimum Gasteiger partial charge on any atom is -0.496 e. The van der Waals surface area contributed by atoms with Crippen molar-refractivity contribution >= 4 is 11.6 Å². The quantitative estimate of drug-likeness (QED) is 0.581. The molecule has 1 aromatic carbocycles. The molecular formula is C13H19ClN2O. The molecule has 0 aliphatic rings. The molecule has 0 saturated heterocycles. The second kappa shape index (κ2) is 7.33. The summed E-state index contributed by atoms with van der Waals surface area (Å²) in [6.07, 6.45) is 2.76. The Hall–Kier alpha value is -1.03. The number of benzene rings is 1. The number of rotatable bonds is 7. The summed E-state index contributed by atoms with van der Waals surface area (Å²) < 4.78 is 5.32. The zero-order chi connectivity index (χ0) is 12.7. The average molecular weight is 255 g/mol. The van der Waals surface area contributed by atoms with E-state index >= 15 is 0 Å². The minimum atomic E-state index is -0.00130. The first-order chi connectivity index (χ1) is 8.24. The SMILES string of the molecule is C=CCCNC(CN)c1c(Cl)cccc1OC. The molecule has 1 unspecified atom stereocenters. The Bertz CT molecular complexity index is 368. The number of methoxy groups -OCH3 is 1. The Morgan fingerprint density at radius 3 is 2.94 bits per heavy atom. The molecule has 0 bridgehead atoms. The number of ether oxygens (including phenoxy) is 1. The molecule has 94 valence electrons. The van der Waals surface area contributed by atoms with Crippen LogP contribution in [0.2, 0.25) is 5.02 Å². The molecule has 0 fully saturated rings. The highest BCUT2D eigenvalue weighted by molar-refractivity contribution is 6.31. The van der Waals surface area contributed by atoms with Crippen molar-refractivity contribution in [3.8, 4) is 5.75 Å². The summed E-state index contributed by atoms with van der Waals surface area (Å²) >= 11 is 6.20. The van der Waals surface area contributed by atoms with Crippen molar-refractivity contribution in [2.75, 3.05) is 20.2 Å². The third-order valence-electron chi connectivity index (χ3n) is 2.56. The van der Waals surface area contributed by atoms with Gasteiger partial charge in [0.05, 0.1) is 7.11 Å². The number of halogens is 1. The van der Waals surface area contributed by atoms with Crippen LogP contribution in [0.4, 0.5) is 0 Å². The zero-order valence-corrected chi connectivity index (χ0v) is 10.8. The molecule has 3 nitrogen and oxygen atoms in total. The van der Waals surface area contributed by atoms with E-state index in [1.54, 1.807) is 7.11 Å². The second-order valence-corrected chi connectivity index (χ2v) is 4.08. The Kier molecular flexibility index (Phi) is 6.05. The minimum absolute atomic E-state index is 0.00130. The van der Waals surface area contributed by atoms with Gasteiger partial charge in [-0.2, -0.15) is 0 Å². The second-order valence-electron chi connectivity index (χ2n) is 3.68. The molecule has 0 amide bonds. The van der Waals surface area contributed by atoms with E-state index in [1.807, 2.05) is 24.3 Å². The van der Waals surface area contributed by atoms with Crippen LogP contribution in [0.15, 0.2) is 30.9 Å². The number of hydrogen-bond donors (Lipinski definition) is 2. The molecule has 1 rings (SSSR count). The molecule has 0 spiro atoms. The summed E-state index contributed by atoms with van der Waals surface area (Å²) in [6, 6.07) is 5.59. The van der Waals surface area contributed by atoms with Crippen LogP contribution in [0.1, 0.15) is 18.0 Å². The van der Waals surface area contributed by atoms with Crippen LogP contribution < -0.4 is 15.8 Å². The van der Waals surface area contributed by atoms with Crippen LogP contribution in [-0.2, 0) is 0 Å². The first-order valence-corrected chi connectivity index (χ1v) is 5.99. The zero-order valence-electron chi connectivity index (χ0n) is 10.1. The number of hydrogen-bond acceptors (Lipinski definition) is 3. The number of nitrogens with two attached hydrogens (primary N) is 1. The standard InChI is InChI=1S/C13H19ClN2O/c1-3-4-8-16-11(9-15)13-10(14)6-5-7-12(13)17-2/h3,5-7,11,16H,1,4,8-9,15H2,2H3. The fourth-order valence-corrected chi connectivity index (χ4v) is 1.99. The maximum absolute atomic E-state index is 6.20. The van der Waals surface area contributed by atoms with E-state index in [1.165, 1.54) is 0 Å². The Morgan fingerprint density at radius 1 is 1.59 bits per heavy atom. The van der Waals surface area contributed by atoms with E-state index in [2.05, 4.69) is 11.9 Å². The molecule has 0 radical (unpaired) electrons. The van der Waals surface area contributed by atoms with E-state index in [9.17, 15) is 0 Å². The third kappa shape index (κ3) is 3.73.